The van der Waals surface area contributed by atoms with Gasteiger partial charge in [-0.15, -0.1) is 0 Å². The van der Waals surface area contributed by atoms with Gasteiger partial charge in [-0.2, -0.15) is 0 Å². The molecule has 0 aliphatic rings. The zero-order valence-corrected chi connectivity index (χ0v) is 13.4. The maximum absolute atomic E-state index is 12.8. The van der Waals surface area contributed by atoms with Gasteiger partial charge >= 0.3 is 0 Å². The lowest BCUT2D eigenvalue weighted by molar-refractivity contribution is 0.414. The van der Waals surface area contributed by atoms with Crippen molar-refractivity contribution in [3.63, 3.8) is 0 Å². The molecule has 0 bridgehead atoms. The van der Waals surface area contributed by atoms with Crippen molar-refractivity contribution in [2.45, 2.75) is 19.5 Å². The summed E-state index contributed by atoms with van der Waals surface area (Å²) in [6.07, 6.45) is 0. The average Bonchev–Trinajstić information content (AvgIpc) is 2.54. The summed E-state index contributed by atoms with van der Waals surface area (Å²) in [5.41, 5.74) is 2.09. The molecule has 0 unspecified atom stereocenters. The Bertz CT molecular complexity index is 614. The third-order valence-corrected chi connectivity index (χ3v) is 3.59. The van der Waals surface area contributed by atoms with Crippen molar-refractivity contribution in [3.05, 3.63) is 65.5 Å². The molecule has 0 heterocycles. The largest absolute Gasteiger partial charge is 0.497 e. The summed E-state index contributed by atoms with van der Waals surface area (Å²) >= 11 is 5.28. The number of hydrogen-bond acceptors (Lipinski definition) is 2. The first-order valence-electron chi connectivity index (χ1n) is 7.01. The first-order chi connectivity index (χ1) is 10.6. The van der Waals surface area contributed by atoms with Crippen LogP contribution in [0.15, 0.2) is 48.5 Å². The standard InChI is InChI=1S/C17H19FN2OS/c1-12(14-5-9-16(21-2)10-6-14)20-17(22)19-11-13-3-7-15(18)8-4-13/h3-10,12H,11H2,1-2H3,(H2,19,20,22)/t12-/m1/s1. The molecule has 22 heavy (non-hydrogen) atoms. The van der Waals surface area contributed by atoms with E-state index in [1.54, 1.807) is 19.2 Å². The third kappa shape index (κ3) is 4.70. The van der Waals surface area contributed by atoms with Crippen molar-refractivity contribution in [1.82, 2.24) is 10.6 Å². The Morgan fingerprint density at radius 2 is 1.77 bits per heavy atom. The van der Waals surface area contributed by atoms with Crippen LogP contribution in [0, 0.1) is 5.82 Å². The molecule has 0 saturated carbocycles. The van der Waals surface area contributed by atoms with Crippen molar-refractivity contribution in [1.29, 1.82) is 0 Å². The molecular weight excluding hydrogens is 299 g/mol. The van der Waals surface area contributed by atoms with Gasteiger partial charge in [0.05, 0.1) is 13.2 Å². The van der Waals surface area contributed by atoms with Crippen LogP contribution in [0.5, 0.6) is 5.75 Å². The molecule has 2 N–H and O–H groups in total. The molecule has 2 rings (SSSR count). The number of benzene rings is 2. The molecular formula is C17H19FN2OS. The van der Waals surface area contributed by atoms with Crippen LogP contribution in [0.3, 0.4) is 0 Å². The molecule has 0 amide bonds. The van der Waals surface area contributed by atoms with Gasteiger partial charge in [-0.05, 0) is 54.5 Å². The molecule has 3 nitrogen and oxygen atoms in total. The van der Waals surface area contributed by atoms with E-state index in [0.29, 0.717) is 11.7 Å². The zero-order chi connectivity index (χ0) is 15.9. The van der Waals surface area contributed by atoms with Gasteiger partial charge in [0.15, 0.2) is 5.11 Å². The lowest BCUT2D eigenvalue weighted by Crippen LogP contribution is -2.36. The van der Waals surface area contributed by atoms with E-state index >= 15 is 0 Å². The van der Waals surface area contributed by atoms with E-state index < -0.39 is 0 Å². The normalized spacial score (nSPS) is 11.6. The van der Waals surface area contributed by atoms with E-state index in [4.69, 9.17) is 17.0 Å². The van der Waals surface area contributed by atoms with Crippen LogP contribution in [-0.4, -0.2) is 12.2 Å². The van der Waals surface area contributed by atoms with Crippen LogP contribution in [-0.2, 0) is 6.54 Å². The van der Waals surface area contributed by atoms with E-state index in [-0.39, 0.29) is 11.9 Å². The summed E-state index contributed by atoms with van der Waals surface area (Å²) < 4.78 is 18.0. The van der Waals surface area contributed by atoms with Crippen molar-refractivity contribution >= 4 is 17.3 Å². The number of methoxy groups -OCH3 is 1. The highest BCUT2D eigenvalue weighted by Gasteiger charge is 2.07. The Morgan fingerprint density at radius 1 is 1.14 bits per heavy atom. The highest BCUT2D eigenvalue weighted by molar-refractivity contribution is 7.80. The SMILES string of the molecule is COc1ccc([C@@H](C)NC(=S)NCc2ccc(F)cc2)cc1. The monoisotopic (exact) mass is 318 g/mol. The number of rotatable bonds is 5. The summed E-state index contributed by atoms with van der Waals surface area (Å²) in [5, 5.41) is 6.90. The lowest BCUT2D eigenvalue weighted by atomic mass is 10.1. The minimum Gasteiger partial charge on any atom is -0.497 e. The van der Waals surface area contributed by atoms with Crippen LogP contribution in [0.2, 0.25) is 0 Å². The second-order valence-electron chi connectivity index (χ2n) is 4.95. The molecule has 1 atom stereocenters. The van der Waals surface area contributed by atoms with Crippen LogP contribution >= 0.6 is 12.2 Å². The lowest BCUT2D eigenvalue weighted by Gasteiger charge is -2.17. The molecule has 0 spiro atoms. The van der Waals surface area contributed by atoms with Crippen molar-refractivity contribution in [2.75, 3.05) is 7.11 Å². The topological polar surface area (TPSA) is 33.3 Å². The van der Waals surface area contributed by atoms with Gasteiger partial charge in [0, 0.05) is 6.54 Å². The number of hydrogen-bond donors (Lipinski definition) is 2. The summed E-state index contributed by atoms with van der Waals surface area (Å²) in [5.74, 6) is 0.588. The molecule has 116 valence electrons. The summed E-state index contributed by atoms with van der Waals surface area (Å²) in [6, 6.07) is 14.3. The predicted molar refractivity (Wildman–Crippen MR) is 90.4 cm³/mol. The predicted octanol–water partition coefficient (Wildman–Crippen LogP) is 3.56. The van der Waals surface area contributed by atoms with E-state index in [0.717, 1.165) is 16.9 Å². The van der Waals surface area contributed by atoms with Crippen LogP contribution < -0.4 is 15.4 Å². The first kappa shape index (κ1) is 16.2. The van der Waals surface area contributed by atoms with Gasteiger partial charge in [0.2, 0.25) is 0 Å². The summed E-state index contributed by atoms with van der Waals surface area (Å²) in [4.78, 5) is 0. The Morgan fingerprint density at radius 3 is 2.36 bits per heavy atom. The van der Waals surface area contributed by atoms with Gasteiger partial charge in [-0.1, -0.05) is 24.3 Å². The van der Waals surface area contributed by atoms with Crippen LogP contribution in [0.4, 0.5) is 4.39 Å². The molecule has 0 aromatic heterocycles. The van der Waals surface area contributed by atoms with Crippen molar-refractivity contribution < 1.29 is 9.13 Å². The number of nitrogens with one attached hydrogen (secondary N) is 2. The highest BCUT2D eigenvalue weighted by atomic mass is 32.1. The molecule has 0 aliphatic heterocycles. The second-order valence-corrected chi connectivity index (χ2v) is 5.36. The Hall–Kier alpha value is -2.14. The van der Waals surface area contributed by atoms with E-state index in [1.807, 2.05) is 31.2 Å². The molecule has 5 heteroatoms. The van der Waals surface area contributed by atoms with E-state index in [1.165, 1.54) is 12.1 Å². The molecule has 2 aromatic carbocycles. The molecule has 0 saturated heterocycles. The maximum Gasteiger partial charge on any atom is 0.167 e. The third-order valence-electron chi connectivity index (χ3n) is 3.33. The highest BCUT2D eigenvalue weighted by Crippen LogP contribution is 2.17. The summed E-state index contributed by atoms with van der Waals surface area (Å²) in [7, 11) is 1.64. The fourth-order valence-electron chi connectivity index (χ4n) is 2.01. The Labute approximate surface area is 135 Å². The van der Waals surface area contributed by atoms with Gasteiger partial charge in [0.1, 0.15) is 11.6 Å². The van der Waals surface area contributed by atoms with E-state index in [9.17, 15) is 4.39 Å². The minimum atomic E-state index is -0.238. The van der Waals surface area contributed by atoms with E-state index in [2.05, 4.69) is 10.6 Å². The quantitative estimate of drug-likeness (QED) is 0.826. The summed E-state index contributed by atoms with van der Waals surface area (Å²) in [6.45, 7) is 2.59. The Balaban J connectivity index is 1.83. The minimum absolute atomic E-state index is 0.0825. The van der Waals surface area contributed by atoms with Gasteiger partial charge < -0.3 is 15.4 Å². The number of thiocarbonyl (C=S) groups is 1. The number of halogens is 1. The van der Waals surface area contributed by atoms with Crippen LogP contribution in [0.1, 0.15) is 24.1 Å². The van der Waals surface area contributed by atoms with Gasteiger partial charge in [-0.25, -0.2) is 4.39 Å². The fraction of sp³-hybridized carbons (Fsp3) is 0.235. The molecule has 0 radical (unpaired) electrons. The maximum atomic E-state index is 12.8. The van der Waals surface area contributed by atoms with Gasteiger partial charge in [-0.3, -0.25) is 0 Å². The second kappa shape index (κ2) is 7.75. The molecule has 0 fully saturated rings. The van der Waals surface area contributed by atoms with Crippen molar-refractivity contribution in [3.8, 4) is 5.75 Å². The smallest absolute Gasteiger partial charge is 0.167 e. The van der Waals surface area contributed by atoms with Crippen LogP contribution in [0.25, 0.3) is 0 Å². The number of ether oxygens (including phenoxy) is 1. The molecule has 0 aliphatic carbocycles. The first-order valence-corrected chi connectivity index (χ1v) is 7.42. The average molecular weight is 318 g/mol. The van der Waals surface area contributed by atoms with Gasteiger partial charge in [0.25, 0.3) is 0 Å². The zero-order valence-electron chi connectivity index (χ0n) is 12.6. The van der Waals surface area contributed by atoms with Crippen molar-refractivity contribution in [2.24, 2.45) is 0 Å². The fourth-order valence-corrected chi connectivity index (χ4v) is 2.26. The Kier molecular flexibility index (Phi) is 5.72. The molecule has 2 aromatic rings.